The topological polar surface area (TPSA) is 73.3 Å². The van der Waals surface area contributed by atoms with E-state index in [9.17, 15) is 9.59 Å². The van der Waals surface area contributed by atoms with E-state index in [0.717, 1.165) is 0 Å². The normalized spacial score (nSPS) is 9.52. The lowest BCUT2D eigenvalue weighted by Gasteiger charge is -2.17. The molecular formula is C15H30N2O4. The lowest BCUT2D eigenvalue weighted by atomic mass is 10.4. The maximum atomic E-state index is 11.5. The minimum Gasteiger partial charge on any atom is -0.351 e. The average molecular weight is 302 g/mol. The van der Waals surface area contributed by atoms with Gasteiger partial charge in [-0.05, 0) is 20.8 Å². The molecule has 1 N–H and O–H groups in total. The van der Waals surface area contributed by atoms with Gasteiger partial charge in [0.1, 0.15) is 0 Å². The highest BCUT2D eigenvalue weighted by molar-refractivity contribution is 5.00. The molecule has 0 spiro atoms. The summed E-state index contributed by atoms with van der Waals surface area (Å²) in [5.74, 6) is 0. The van der Waals surface area contributed by atoms with Crippen LogP contribution in [-0.2, 0) is 16.0 Å². The summed E-state index contributed by atoms with van der Waals surface area (Å²) < 4.78 is 12.1. The molecule has 1 heterocycles. The van der Waals surface area contributed by atoms with Gasteiger partial charge in [-0.15, -0.1) is 0 Å². The van der Waals surface area contributed by atoms with Crippen LogP contribution in [0.4, 0.5) is 0 Å². The van der Waals surface area contributed by atoms with Crippen LogP contribution < -0.4 is 11.2 Å². The zero-order chi connectivity index (χ0) is 16.8. The molecule has 6 nitrogen and oxygen atoms in total. The van der Waals surface area contributed by atoms with Crippen molar-refractivity contribution < 1.29 is 9.47 Å². The molecule has 1 aromatic heterocycles. The first-order valence-electron chi connectivity index (χ1n) is 7.62. The van der Waals surface area contributed by atoms with E-state index in [-0.39, 0.29) is 12.1 Å². The van der Waals surface area contributed by atoms with Crippen LogP contribution in [0.15, 0.2) is 15.8 Å². The van der Waals surface area contributed by atoms with Crippen LogP contribution in [0.25, 0.3) is 0 Å². The van der Waals surface area contributed by atoms with E-state index in [2.05, 4.69) is 4.98 Å². The van der Waals surface area contributed by atoms with E-state index < -0.39 is 12.0 Å². The highest BCUT2D eigenvalue weighted by Crippen LogP contribution is 1.98. The van der Waals surface area contributed by atoms with Gasteiger partial charge in [-0.2, -0.15) is 0 Å². The lowest BCUT2D eigenvalue weighted by Crippen LogP contribution is -2.35. The molecule has 21 heavy (non-hydrogen) atoms. The molecule has 0 atom stereocenters. The summed E-state index contributed by atoms with van der Waals surface area (Å²) in [4.78, 5) is 25.0. The molecule has 0 aromatic carbocycles. The number of hydrogen-bond acceptors (Lipinski definition) is 4. The zero-order valence-corrected chi connectivity index (χ0v) is 14.4. The van der Waals surface area contributed by atoms with Crippen LogP contribution in [0.3, 0.4) is 0 Å². The SMILES string of the molecule is CC.CC.CCOC(Cn1cc(C)c(=O)[nH]c1=O)OCC. The number of aromatic nitrogens is 2. The first-order valence-corrected chi connectivity index (χ1v) is 7.62. The Morgan fingerprint density at radius 3 is 2.00 bits per heavy atom. The molecule has 6 heteroatoms. The third-order valence-corrected chi connectivity index (χ3v) is 2.24. The Hall–Kier alpha value is -1.40. The van der Waals surface area contributed by atoms with Crippen LogP contribution in [-0.4, -0.2) is 29.1 Å². The first-order chi connectivity index (χ1) is 10.1. The minimum atomic E-state index is -0.479. The number of H-pyrrole nitrogens is 1. The van der Waals surface area contributed by atoms with Gasteiger partial charge in [0.25, 0.3) is 5.56 Å². The monoisotopic (exact) mass is 302 g/mol. The number of nitrogens with zero attached hydrogens (tertiary/aromatic N) is 1. The van der Waals surface area contributed by atoms with Crippen LogP contribution in [0, 0.1) is 6.92 Å². The van der Waals surface area contributed by atoms with Crippen molar-refractivity contribution in [1.82, 2.24) is 9.55 Å². The van der Waals surface area contributed by atoms with E-state index in [1.807, 2.05) is 41.5 Å². The summed E-state index contributed by atoms with van der Waals surface area (Å²) in [5, 5.41) is 0. The number of hydrogen-bond donors (Lipinski definition) is 1. The first kappa shape index (κ1) is 21.9. The quantitative estimate of drug-likeness (QED) is 0.818. The summed E-state index contributed by atoms with van der Waals surface area (Å²) >= 11 is 0. The molecule has 0 aliphatic rings. The van der Waals surface area contributed by atoms with Crippen molar-refractivity contribution in [2.45, 2.75) is 61.3 Å². The fraction of sp³-hybridized carbons (Fsp3) is 0.733. The van der Waals surface area contributed by atoms with Crippen molar-refractivity contribution in [2.75, 3.05) is 13.2 Å². The second-order valence-electron chi connectivity index (χ2n) is 3.56. The molecule has 124 valence electrons. The number of nitrogens with one attached hydrogen (secondary N) is 1. The molecule has 0 bridgehead atoms. The Balaban J connectivity index is 0. The largest absolute Gasteiger partial charge is 0.351 e. The van der Waals surface area contributed by atoms with Gasteiger partial charge in [0.15, 0.2) is 6.29 Å². The maximum Gasteiger partial charge on any atom is 0.328 e. The van der Waals surface area contributed by atoms with Gasteiger partial charge in [-0.25, -0.2) is 4.79 Å². The van der Waals surface area contributed by atoms with Gasteiger partial charge < -0.3 is 9.47 Å². The summed E-state index contributed by atoms with van der Waals surface area (Å²) in [7, 11) is 0. The predicted octanol–water partition coefficient (Wildman–Crippen LogP) is 2.30. The van der Waals surface area contributed by atoms with Crippen molar-refractivity contribution in [3.05, 3.63) is 32.6 Å². The second-order valence-corrected chi connectivity index (χ2v) is 3.56. The maximum absolute atomic E-state index is 11.5. The highest BCUT2D eigenvalue weighted by Gasteiger charge is 2.10. The van der Waals surface area contributed by atoms with Crippen molar-refractivity contribution in [3.8, 4) is 0 Å². The van der Waals surface area contributed by atoms with Gasteiger partial charge in [-0.3, -0.25) is 14.3 Å². The van der Waals surface area contributed by atoms with Crippen molar-refractivity contribution in [3.63, 3.8) is 0 Å². The van der Waals surface area contributed by atoms with E-state index in [1.54, 1.807) is 6.92 Å². The van der Waals surface area contributed by atoms with Crippen LogP contribution in [0.5, 0.6) is 0 Å². The molecule has 0 aliphatic carbocycles. The smallest absolute Gasteiger partial charge is 0.328 e. The molecule has 0 saturated carbocycles. The molecule has 0 amide bonds. The van der Waals surface area contributed by atoms with Crippen molar-refractivity contribution in [2.24, 2.45) is 0 Å². The second kappa shape index (κ2) is 13.6. The summed E-state index contributed by atoms with van der Waals surface area (Å²) in [6.07, 6.45) is 1.03. The molecule has 0 aliphatic heterocycles. The minimum absolute atomic E-state index is 0.262. The molecular weight excluding hydrogens is 272 g/mol. The Kier molecular flexibility index (Phi) is 14.2. The van der Waals surface area contributed by atoms with Gasteiger partial charge in [0.2, 0.25) is 0 Å². The Bertz CT molecular complexity index is 459. The highest BCUT2D eigenvalue weighted by atomic mass is 16.7. The summed E-state index contributed by atoms with van der Waals surface area (Å²) in [6, 6.07) is 0. The van der Waals surface area contributed by atoms with Gasteiger partial charge in [-0.1, -0.05) is 27.7 Å². The van der Waals surface area contributed by atoms with E-state index >= 15 is 0 Å². The summed E-state index contributed by atoms with van der Waals surface area (Å²) in [6.45, 7) is 14.6. The number of aromatic amines is 1. The fourth-order valence-corrected chi connectivity index (χ4v) is 1.44. The number of ether oxygens (including phenoxy) is 2. The average Bonchev–Trinajstić information content (AvgIpc) is 2.49. The lowest BCUT2D eigenvalue weighted by molar-refractivity contribution is -0.144. The van der Waals surface area contributed by atoms with Gasteiger partial charge >= 0.3 is 5.69 Å². The Morgan fingerprint density at radius 2 is 1.57 bits per heavy atom. The number of aryl methyl sites for hydroxylation is 1. The van der Waals surface area contributed by atoms with Gasteiger partial charge in [0, 0.05) is 25.0 Å². The third-order valence-electron chi connectivity index (χ3n) is 2.24. The fourth-order valence-electron chi connectivity index (χ4n) is 1.44. The molecule has 1 aromatic rings. The molecule has 0 radical (unpaired) electrons. The van der Waals surface area contributed by atoms with Crippen molar-refractivity contribution in [1.29, 1.82) is 0 Å². The molecule has 0 fully saturated rings. The standard InChI is InChI=1S/C11H18N2O4.2C2H6/c1-4-16-9(17-5-2)7-13-6-8(3)10(14)12-11(13)15;2*1-2/h6,9H,4-5,7H2,1-3H3,(H,12,14,15);2*1-2H3. The van der Waals surface area contributed by atoms with Crippen molar-refractivity contribution >= 4 is 0 Å². The van der Waals surface area contributed by atoms with E-state index in [1.165, 1.54) is 10.8 Å². The molecule has 0 unspecified atom stereocenters. The van der Waals surface area contributed by atoms with E-state index in [0.29, 0.717) is 18.8 Å². The van der Waals surface area contributed by atoms with E-state index in [4.69, 9.17) is 9.47 Å². The number of rotatable bonds is 6. The van der Waals surface area contributed by atoms with Crippen LogP contribution in [0.2, 0.25) is 0 Å². The Morgan fingerprint density at radius 1 is 1.10 bits per heavy atom. The van der Waals surface area contributed by atoms with Crippen LogP contribution in [0.1, 0.15) is 47.1 Å². The Labute approximate surface area is 127 Å². The summed E-state index contributed by atoms with van der Waals surface area (Å²) in [5.41, 5.74) is -0.336. The zero-order valence-electron chi connectivity index (χ0n) is 14.4. The molecule has 1 rings (SSSR count). The van der Waals surface area contributed by atoms with Crippen LogP contribution >= 0.6 is 0 Å². The third kappa shape index (κ3) is 8.47. The predicted molar refractivity (Wildman–Crippen MR) is 85.8 cm³/mol. The van der Waals surface area contributed by atoms with Gasteiger partial charge in [0.05, 0.1) is 6.54 Å². The molecule has 0 saturated heterocycles.